The van der Waals surface area contributed by atoms with Crippen molar-refractivity contribution < 1.29 is 43.1 Å². The highest BCUT2D eigenvalue weighted by molar-refractivity contribution is 6.38. The number of likely N-dealkylation sites (tertiary alicyclic amines) is 1. The van der Waals surface area contributed by atoms with Crippen LogP contribution in [0.25, 0.3) is 0 Å². The molecule has 1 heterocycles. The van der Waals surface area contributed by atoms with E-state index in [2.05, 4.69) is 21.3 Å². The van der Waals surface area contributed by atoms with Crippen LogP contribution < -0.4 is 32.7 Å². The molecule has 2 aromatic rings. The molecule has 2 fully saturated rings. The first-order valence-electron chi connectivity index (χ1n) is 18.9. The Morgan fingerprint density at radius 2 is 1.46 bits per heavy atom. The topological polar surface area (TPSA) is 249 Å². The number of benzene rings is 2. The van der Waals surface area contributed by atoms with E-state index >= 15 is 0 Å². The summed E-state index contributed by atoms with van der Waals surface area (Å²) in [5, 5.41) is 10.1. The van der Waals surface area contributed by atoms with E-state index < -0.39 is 89.6 Å². The van der Waals surface area contributed by atoms with Crippen LogP contribution in [0, 0.1) is 5.92 Å². The van der Waals surface area contributed by atoms with Crippen LogP contribution in [0.4, 0.5) is 0 Å². The number of hydrogen-bond acceptors (Lipinski definition) is 9. The number of Topliss-reactive ketones (excluding diaryl/α,β-unsaturated/α-hetero) is 1. The molecule has 0 aromatic heterocycles. The lowest BCUT2D eigenvalue weighted by atomic mass is 9.83. The molecule has 302 valence electrons. The third kappa shape index (κ3) is 11.4. The average Bonchev–Trinajstić information content (AvgIpc) is 3.59. The molecule has 16 heteroatoms. The number of ketones is 1. The highest BCUT2D eigenvalue weighted by atomic mass is 16.5. The Labute approximate surface area is 326 Å². The van der Waals surface area contributed by atoms with Gasteiger partial charge in [-0.1, -0.05) is 68.7 Å². The fraction of sp³-hybridized carbons (Fsp3) is 0.500. The van der Waals surface area contributed by atoms with Gasteiger partial charge in [-0.15, -0.1) is 0 Å². The molecular weight excluding hydrogens is 722 g/mol. The molecule has 1 aliphatic carbocycles. The predicted molar refractivity (Wildman–Crippen MR) is 204 cm³/mol. The van der Waals surface area contributed by atoms with Crippen LogP contribution in [0.3, 0.4) is 0 Å². The summed E-state index contributed by atoms with van der Waals surface area (Å²) >= 11 is 0. The molecule has 0 radical (unpaired) electrons. The van der Waals surface area contributed by atoms with Crippen molar-refractivity contribution in [2.75, 3.05) is 13.1 Å². The summed E-state index contributed by atoms with van der Waals surface area (Å²) < 4.78 is 6.21. The number of nitrogens with two attached hydrogens (primary N) is 2. The number of hydrogen-bond donors (Lipinski definition) is 6. The SMILES string of the molecule is CCC(NC(=O)[C@@H]1C[C@@H](OC(C)(C)C)CN1C(=O)[C@@H](NC(=O)c1ccccc1C(N)=O)C1CCCCC1)C(=O)C(=O)NCC(=O)N[C@H](C(N)=O)c1ccccc1. The maximum atomic E-state index is 14.6. The van der Waals surface area contributed by atoms with Crippen molar-refractivity contribution in [1.82, 2.24) is 26.2 Å². The van der Waals surface area contributed by atoms with Gasteiger partial charge in [-0.05, 0) is 63.6 Å². The summed E-state index contributed by atoms with van der Waals surface area (Å²) in [6.45, 7) is 6.47. The number of primary amides is 2. The maximum Gasteiger partial charge on any atom is 0.290 e. The van der Waals surface area contributed by atoms with Crippen molar-refractivity contribution in [1.29, 1.82) is 0 Å². The largest absolute Gasteiger partial charge is 0.371 e. The number of ether oxygens (including phenoxy) is 1. The summed E-state index contributed by atoms with van der Waals surface area (Å²) in [5.41, 5.74) is 10.8. The summed E-state index contributed by atoms with van der Waals surface area (Å²) in [7, 11) is 0. The molecule has 1 aliphatic heterocycles. The van der Waals surface area contributed by atoms with E-state index in [0.717, 1.165) is 19.3 Å². The van der Waals surface area contributed by atoms with E-state index in [0.29, 0.717) is 18.4 Å². The first-order valence-corrected chi connectivity index (χ1v) is 18.9. The minimum Gasteiger partial charge on any atom is -0.371 e. The molecule has 1 unspecified atom stereocenters. The molecule has 0 spiro atoms. The van der Waals surface area contributed by atoms with Gasteiger partial charge in [-0.3, -0.25) is 38.4 Å². The van der Waals surface area contributed by atoms with Crippen molar-refractivity contribution in [3.63, 3.8) is 0 Å². The van der Waals surface area contributed by atoms with E-state index in [1.54, 1.807) is 49.4 Å². The van der Waals surface area contributed by atoms with Crippen LogP contribution >= 0.6 is 0 Å². The van der Waals surface area contributed by atoms with Crippen LogP contribution in [0.1, 0.15) is 105 Å². The van der Waals surface area contributed by atoms with Gasteiger partial charge in [0.05, 0.1) is 35.4 Å². The number of carbonyl (C=O) groups excluding carboxylic acids is 8. The van der Waals surface area contributed by atoms with Crippen molar-refractivity contribution in [3.05, 3.63) is 71.3 Å². The summed E-state index contributed by atoms with van der Waals surface area (Å²) in [5.74, 6) is -6.72. The Morgan fingerprint density at radius 3 is 2.05 bits per heavy atom. The second-order valence-electron chi connectivity index (χ2n) is 15.2. The van der Waals surface area contributed by atoms with Crippen molar-refractivity contribution in [2.24, 2.45) is 17.4 Å². The zero-order chi connectivity index (χ0) is 41.2. The van der Waals surface area contributed by atoms with Gasteiger partial charge in [0, 0.05) is 13.0 Å². The number of rotatable bonds is 16. The molecule has 1 saturated heterocycles. The van der Waals surface area contributed by atoms with E-state index in [9.17, 15) is 38.4 Å². The second kappa shape index (κ2) is 19.3. The van der Waals surface area contributed by atoms with Gasteiger partial charge < -0.3 is 42.4 Å². The van der Waals surface area contributed by atoms with Crippen molar-refractivity contribution >= 4 is 47.1 Å². The third-order valence-corrected chi connectivity index (χ3v) is 9.88. The van der Waals surface area contributed by atoms with Gasteiger partial charge >= 0.3 is 0 Å². The lowest BCUT2D eigenvalue weighted by Crippen LogP contribution is -2.58. The van der Waals surface area contributed by atoms with Crippen molar-refractivity contribution in [2.45, 2.75) is 109 Å². The molecule has 4 rings (SSSR count). The Kier molecular flexibility index (Phi) is 14.8. The summed E-state index contributed by atoms with van der Waals surface area (Å²) in [6.07, 6.45) is 3.44. The highest BCUT2D eigenvalue weighted by Gasteiger charge is 2.46. The third-order valence-electron chi connectivity index (χ3n) is 9.88. The smallest absolute Gasteiger partial charge is 0.290 e. The maximum absolute atomic E-state index is 14.6. The molecule has 56 heavy (non-hydrogen) atoms. The Hall–Kier alpha value is -5.64. The van der Waals surface area contributed by atoms with Crippen LogP contribution in [0.15, 0.2) is 54.6 Å². The lowest BCUT2D eigenvalue weighted by Gasteiger charge is -2.35. The Morgan fingerprint density at radius 1 is 0.839 bits per heavy atom. The summed E-state index contributed by atoms with van der Waals surface area (Å²) in [6, 6.07) is 9.62. The van der Waals surface area contributed by atoms with Gasteiger partial charge in [-0.25, -0.2) is 0 Å². The zero-order valence-corrected chi connectivity index (χ0v) is 32.3. The van der Waals surface area contributed by atoms with Gasteiger partial charge in [-0.2, -0.15) is 0 Å². The van der Waals surface area contributed by atoms with Gasteiger partial charge in [0.2, 0.25) is 35.3 Å². The lowest BCUT2D eigenvalue weighted by molar-refractivity contribution is -0.143. The quantitative estimate of drug-likeness (QED) is 0.134. The minimum atomic E-state index is -1.31. The average molecular weight is 776 g/mol. The first-order chi connectivity index (χ1) is 26.5. The molecule has 8 N–H and O–H groups in total. The standard InChI is InChI=1S/C40H53N7O9/c1-5-28(33(49)38(54)43-21-30(48)45-31(35(42)51)23-14-8-6-9-15-23)44-37(53)29-20-25(56-40(2,3)4)22-47(29)39(55)32(24-16-10-7-11-17-24)46-36(52)27-19-13-12-18-26(27)34(41)50/h6,8-9,12-15,18-19,24-25,28-29,31-32H,5,7,10-11,16-17,20-22H2,1-4H3,(H2,41,50)(H2,42,51)(H,43,54)(H,44,53)(H,45,48)(H,46,52)/t25-,28?,29+,31+,32+/m1/s1. The summed E-state index contributed by atoms with van der Waals surface area (Å²) in [4.78, 5) is 107. The monoisotopic (exact) mass is 775 g/mol. The fourth-order valence-electron chi connectivity index (χ4n) is 7.22. The first kappa shape index (κ1) is 43.1. The van der Waals surface area contributed by atoms with Crippen molar-refractivity contribution in [3.8, 4) is 0 Å². The zero-order valence-electron chi connectivity index (χ0n) is 32.3. The van der Waals surface area contributed by atoms with Crippen LogP contribution in [-0.2, 0) is 33.5 Å². The minimum absolute atomic E-state index is 0.00103. The molecule has 2 aromatic carbocycles. The molecule has 16 nitrogen and oxygen atoms in total. The number of nitrogens with one attached hydrogen (secondary N) is 4. The predicted octanol–water partition coefficient (Wildman–Crippen LogP) is 1.17. The van der Waals surface area contributed by atoms with Gasteiger partial charge in [0.15, 0.2) is 0 Å². The molecular formula is C40H53N7O9. The molecule has 2 aliphatic rings. The second-order valence-corrected chi connectivity index (χ2v) is 15.2. The Bertz CT molecular complexity index is 1790. The number of nitrogens with zero attached hydrogens (tertiary/aromatic N) is 1. The van der Waals surface area contributed by atoms with E-state index in [4.69, 9.17) is 16.2 Å². The van der Waals surface area contributed by atoms with Crippen LogP contribution in [-0.4, -0.2) is 95.0 Å². The number of amides is 7. The normalized spacial score (nSPS) is 18.8. The molecule has 1 saturated carbocycles. The van der Waals surface area contributed by atoms with E-state index in [-0.39, 0.29) is 36.4 Å². The van der Waals surface area contributed by atoms with Crippen LogP contribution in [0.2, 0.25) is 0 Å². The molecule has 5 atom stereocenters. The molecule has 0 bridgehead atoms. The molecule has 7 amide bonds. The van der Waals surface area contributed by atoms with Crippen LogP contribution in [0.5, 0.6) is 0 Å². The van der Waals surface area contributed by atoms with E-state index in [1.165, 1.54) is 17.0 Å². The number of carbonyl (C=O) groups is 8. The fourth-order valence-corrected chi connectivity index (χ4v) is 7.22. The van der Waals surface area contributed by atoms with E-state index in [1.807, 2.05) is 20.8 Å². The Balaban J connectivity index is 1.50. The van der Waals surface area contributed by atoms with Gasteiger partial charge in [0.25, 0.3) is 11.8 Å². The highest BCUT2D eigenvalue weighted by Crippen LogP contribution is 2.31. The van der Waals surface area contributed by atoms with Gasteiger partial charge in [0.1, 0.15) is 18.1 Å².